The number of pyridine rings is 1. The van der Waals surface area contributed by atoms with E-state index in [4.69, 9.17) is 9.47 Å². The quantitative estimate of drug-likeness (QED) is 0.509. The maximum Gasteiger partial charge on any atom is 0.256 e. The molecule has 2 unspecified atom stereocenters. The number of carbonyl (C=O) groups excluding carboxylic acids is 3. The van der Waals surface area contributed by atoms with Crippen molar-refractivity contribution in [2.75, 3.05) is 79.2 Å². The van der Waals surface area contributed by atoms with Crippen LogP contribution in [0.25, 0.3) is 0 Å². The number of rotatable bonds is 8. The highest BCUT2D eigenvalue weighted by Crippen LogP contribution is 2.28. The monoisotopic (exact) mass is 550 g/mol. The normalized spacial score (nSPS) is 21.7. The zero-order valence-corrected chi connectivity index (χ0v) is 23.0. The van der Waals surface area contributed by atoms with E-state index in [0.717, 1.165) is 26.2 Å². The van der Waals surface area contributed by atoms with Gasteiger partial charge < -0.3 is 29.5 Å². The first-order chi connectivity index (χ1) is 19.5. The number of morpholine rings is 1. The van der Waals surface area contributed by atoms with E-state index in [-0.39, 0.29) is 30.3 Å². The standard InChI is InChI=1S/C29H38N6O5/c1-39-25-6-4-22(5-7-25)27(36)34(14-13-32-15-17-40-18-16-32)24-19-26(29(38)33-11-9-30-10-12-33)35(21-24)28(37)23-3-2-8-31-20-23/h2-8,20,24,26,30H,9-19,21H2,1H3. The number of aromatic nitrogens is 1. The molecule has 214 valence electrons. The van der Waals surface area contributed by atoms with Gasteiger partial charge in [0.2, 0.25) is 5.91 Å². The third kappa shape index (κ3) is 6.43. The van der Waals surface area contributed by atoms with Crippen LogP contribution < -0.4 is 10.1 Å². The van der Waals surface area contributed by atoms with Gasteiger partial charge in [0, 0.05) is 76.9 Å². The molecular formula is C29H38N6O5. The SMILES string of the molecule is COc1ccc(C(=O)N(CCN2CCOCC2)C2CC(C(=O)N3CCNCC3)N(C(=O)c3cccnc3)C2)cc1. The average molecular weight is 551 g/mol. The molecule has 0 aliphatic carbocycles. The van der Waals surface area contributed by atoms with Crippen molar-refractivity contribution < 1.29 is 23.9 Å². The summed E-state index contributed by atoms with van der Waals surface area (Å²) >= 11 is 0. The molecule has 0 spiro atoms. The number of nitrogens with zero attached hydrogens (tertiary/aromatic N) is 5. The molecule has 3 fully saturated rings. The Kier molecular flexibility index (Phi) is 9.25. The van der Waals surface area contributed by atoms with Crippen LogP contribution in [0, 0.1) is 0 Å². The van der Waals surface area contributed by atoms with Crippen molar-refractivity contribution in [3.63, 3.8) is 0 Å². The van der Waals surface area contributed by atoms with Crippen LogP contribution in [0.15, 0.2) is 48.8 Å². The summed E-state index contributed by atoms with van der Waals surface area (Å²) in [6.07, 6.45) is 3.54. The Bertz CT molecular complexity index is 1150. The smallest absolute Gasteiger partial charge is 0.256 e. The van der Waals surface area contributed by atoms with Crippen molar-refractivity contribution in [3.8, 4) is 5.75 Å². The van der Waals surface area contributed by atoms with E-state index >= 15 is 0 Å². The van der Waals surface area contributed by atoms with E-state index in [1.54, 1.807) is 54.6 Å². The third-order valence-corrected chi connectivity index (χ3v) is 7.96. The van der Waals surface area contributed by atoms with Gasteiger partial charge in [-0.25, -0.2) is 0 Å². The van der Waals surface area contributed by atoms with Crippen LogP contribution in [0.1, 0.15) is 27.1 Å². The fourth-order valence-electron chi connectivity index (χ4n) is 5.67. The molecule has 1 N–H and O–H groups in total. The summed E-state index contributed by atoms with van der Waals surface area (Å²) in [6, 6.07) is 9.55. The molecule has 3 saturated heterocycles. The number of benzene rings is 1. The number of ether oxygens (including phenoxy) is 2. The van der Waals surface area contributed by atoms with Crippen LogP contribution in [-0.4, -0.2) is 134 Å². The molecule has 3 aliphatic rings. The van der Waals surface area contributed by atoms with Crippen LogP contribution in [-0.2, 0) is 9.53 Å². The van der Waals surface area contributed by atoms with E-state index in [9.17, 15) is 14.4 Å². The maximum absolute atomic E-state index is 14.0. The molecular weight excluding hydrogens is 512 g/mol. The van der Waals surface area contributed by atoms with Gasteiger partial charge in [-0.05, 0) is 42.8 Å². The molecule has 2 atom stereocenters. The Hall–Kier alpha value is -3.54. The highest BCUT2D eigenvalue weighted by Gasteiger charge is 2.45. The highest BCUT2D eigenvalue weighted by atomic mass is 16.5. The van der Waals surface area contributed by atoms with Crippen LogP contribution >= 0.6 is 0 Å². The first kappa shape index (κ1) is 28.0. The molecule has 4 heterocycles. The number of methoxy groups -OCH3 is 1. The number of amides is 3. The van der Waals surface area contributed by atoms with Gasteiger partial charge in [-0.15, -0.1) is 0 Å². The Morgan fingerprint density at radius 1 is 1.05 bits per heavy atom. The Labute approximate surface area is 235 Å². The number of piperazine rings is 1. The van der Waals surface area contributed by atoms with E-state index in [0.29, 0.717) is 62.7 Å². The summed E-state index contributed by atoms with van der Waals surface area (Å²) in [7, 11) is 1.59. The van der Waals surface area contributed by atoms with E-state index < -0.39 is 6.04 Å². The van der Waals surface area contributed by atoms with Crippen molar-refractivity contribution in [2.45, 2.75) is 18.5 Å². The lowest BCUT2D eigenvalue weighted by atomic mass is 10.1. The molecule has 3 amide bonds. The van der Waals surface area contributed by atoms with E-state index in [1.165, 1.54) is 6.20 Å². The number of likely N-dealkylation sites (tertiary alicyclic amines) is 1. The Balaban J connectivity index is 1.41. The Morgan fingerprint density at radius 2 is 1.80 bits per heavy atom. The predicted molar refractivity (Wildman–Crippen MR) is 148 cm³/mol. The summed E-state index contributed by atoms with van der Waals surface area (Å²) in [6.45, 7) is 7.06. The van der Waals surface area contributed by atoms with E-state index in [1.807, 2.05) is 9.80 Å². The van der Waals surface area contributed by atoms with Crippen molar-refractivity contribution in [2.24, 2.45) is 0 Å². The van der Waals surface area contributed by atoms with Crippen LogP contribution in [0.4, 0.5) is 0 Å². The van der Waals surface area contributed by atoms with Gasteiger partial charge in [0.1, 0.15) is 11.8 Å². The third-order valence-electron chi connectivity index (χ3n) is 7.96. The number of hydrogen-bond acceptors (Lipinski definition) is 8. The first-order valence-corrected chi connectivity index (χ1v) is 14.0. The molecule has 11 heteroatoms. The van der Waals surface area contributed by atoms with Crippen LogP contribution in [0.3, 0.4) is 0 Å². The van der Waals surface area contributed by atoms with Gasteiger partial charge in [-0.3, -0.25) is 24.3 Å². The zero-order chi connectivity index (χ0) is 27.9. The summed E-state index contributed by atoms with van der Waals surface area (Å²) in [5.41, 5.74) is 0.979. The lowest BCUT2D eigenvalue weighted by Crippen LogP contribution is -2.53. The minimum absolute atomic E-state index is 0.0636. The average Bonchev–Trinajstić information content (AvgIpc) is 3.47. The highest BCUT2D eigenvalue weighted by molar-refractivity contribution is 5.98. The molecule has 3 aliphatic heterocycles. The molecule has 40 heavy (non-hydrogen) atoms. The van der Waals surface area contributed by atoms with Crippen LogP contribution in [0.2, 0.25) is 0 Å². The van der Waals surface area contributed by atoms with Gasteiger partial charge in [0.25, 0.3) is 11.8 Å². The molecule has 11 nitrogen and oxygen atoms in total. The topological polar surface area (TPSA) is 108 Å². The van der Waals surface area contributed by atoms with Gasteiger partial charge in [-0.2, -0.15) is 0 Å². The summed E-state index contributed by atoms with van der Waals surface area (Å²) in [5.74, 6) is 0.248. The second kappa shape index (κ2) is 13.2. The summed E-state index contributed by atoms with van der Waals surface area (Å²) in [5, 5.41) is 3.28. The maximum atomic E-state index is 14.0. The molecule has 1 aromatic heterocycles. The van der Waals surface area contributed by atoms with Gasteiger partial charge in [0.15, 0.2) is 0 Å². The number of hydrogen-bond donors (Lipinski definition) is 1. The molecule has 1 aromatic carbocycles. The Morgan fingerprint density at radius 3 is 2.48 bits per heavy atom. The molecule has 0 radical (unpaired) electrons. The second-order valence-corrected chi connectivity index (χ2v) is 10.4. The summed E-state index contributed by atoms with van der Waals surface area (Å²) < 4.78 is 10.8. The van der Waals surface area contributed by atoms with Crippen molar-refractivity contribution in [1.82, 2.24) is 29.9 Å². The van der Waals surface area contributed by atoms with Crippen molar-refractivity contribution >= 4 is 17.7 Å². The number of nitrogens with one attached hydrogen (secondary N) is 1. The predicted octanol–water partition coefficient (Wildman–Crippen LogP) is 0.580. The van der Waals surface area contributed by atoms with Crippen molar-refractivity contribution in [1.29, 1.82) is 0 Å². The lowest BCUT2D eigenvalue weighted by molar-refractivity contribution is -0.135. The second-order valence-electron chi connectivity index (χ2n) is 10.4. The lowest BCUT2D eigenvalue weighted by Gasteiger charge is -2.33. The molecule has 2 aromatic rings. The minimum Gasteiger partial charge on any atom is -0.497 e. The zero-order valence-electron chi connectivity index (χ0n) is 23.0. The number of carbonyl (C=O) groups is 3. The van der Waals surface area contributed by atoms with Gasteiger partial charge in [0.05, 0.1) is 31.9 Å². The van der Waals surface area contributed by atoms with Crippen LogP contribution in [0.5, 0.6) is 5.75 Å². The summed E-state index contributed by atoms with van der Waals surface area (Å²) in [4.78, 5) is 53.2. The first-order valence-electron chi connectivity index (χ1n) is 14.0. The van der Waals surface area contributed by atoms with E-state index in [2.05, 4.69) is 15.2 Å². The fourth-order valence-corrected chi connectivity index (χ4v) is 5.67. The fraction of sp³-hybridized carbons (Fsp3) is 0.517. The molecule has 0 saturated carbocycles. The molecule has 0 bridgehead atoms. The van der Waals surface area contributed by atoms with Crippen molar-refractivity contribution in [3.05, 3.63) is 59.9 Å². The largest absolute Gasteiger partial charge is 0.497 e. The minimum atomic E-state index is -0.648. The molecule has 5 rings (SSSR count). The van der Waals surface area contributed by atoms with Gasteiger partial charge in [-0.1, -0.05) is 0 Å². The van der Waals surface area contributed by atoms with Gasteiger partial charge >= 0.3 is 0 Å².